The molecule has 32 heavy (non-hydrogen) atoms. The lowest BCUT2D eigenvalue weighted by atomic mass is 10.2. The maximum absolute atomic E-state index is 12.6. The molecule has 0 radical (unpaired) electrons. The second-order valence-corrected chi connectivity index (χ2v) is 6.59. The molecule has 1 aromatic carbocycles. The van der Waals surface area contributed by atoms with E-state index in [4.69, 9.17) is 4.74 Å². The SMILES string of the molecule is Cc1nc(Oc2ccc(NC(=O)c3ccc(C(F)(F)F)nc3)cc2)cc(-n2ccnc2)n1. The van der Waals surface area contributed by atoms with Crippen molar-refractivity contribution in [2.45, 2.75) is 13.1 Å². The van der Waals surface area contributed by atoms with E-state index >= 15 is 0 Å². The van der Waals surface area contributed by atoms with E-state index in [1.807, 2.05) is 0 Å². The number of amides is 1. The first-order valence-corrected chi connectivity index (χ1v) is 9.24. The number of pyridine rings is 1. The van der Waals surface area contributed by atoms with Crippen molar-refractivity contribution < 1.29 is 22.7 Å². The quantitative estimate of drug-likeness (QED) is 0.493. The van der Waals surface area contributed by atoms with E-state index in [0.29, 0.717) is 29.0 Å². The number of carbonyl (C=O) groups is 1. The van der Waals surface area contributed by atoms with Gasteiger partial charge in [0.05, 0.1) is 5.56 Å². The molecule has 0 aliphatic carbocycles. The Labute approximate surface area is 179 Å². The van der Waals surface area contributed by atoms with Crippen molar-refractivity contribution in [3.8, 4) is 17.4 Å². The maximum atomic E-state index is 12.6. The monoisotopic (exact) mass is 440 g/mol. The molecular formula is C21H15F3N6O2. The number of ether oxygens (including phenoxy) is 1. The molecule has 0 aliphatic rings. The normalized spacial score (nSPS) is 11.2. The van der Waals surface area contributed by atoms with E-state index < -0.39 is 17.8 Å². The summed E-state index contributed by atoms with van der Waals surface area (Å²) in [6.07, 6.45) is 1.30. The molecule has 0 fully saturated rings. The van der Waals surface area contributed by atoms with E-state index in [-0.39, 0.29) is 5.56 Å². The molecule has 4 rings (SSSR count). The number of alkyl halides is 3. The van der Waals surface area contributed by atoms with Gasteiger partial charge >= 0.3 is 6.18 Å². The molecule has 0 spiro atoms. The Hall–Kier alpha value is -4.28. The lowest BCUT2D eigenvalue weighted by Gasteiger charge is -2.10. The van der Waals surface area contributed by atoms with Crippen LogP contribution in [-0.2, 0) is 6.18 Å². The van der Waals surface area contributed by atoms with Crippen molar-refractivity contribution in [2.24, 2.45) is 0 Å². The van der Waals surface area contributed by atoms with Crippen LogP contribution in [0.3, 0.4) is 0 Å². The largest absolute Gasteiger partial charge is 0.439 e. The molecule has 11 heteroatoms. The minimum absolute atomic E-state index is 0.00168. The molecule has 0 saturated carbocycles. The fourth-order valence-corrected chi connectivity index (χ4v) is 2.73. The number of aryl methyl sites for hydroxylation is 1. The van der Waals surface area contributed by atoms with Crippen LogP contribution in [-0.4, -0.2) is 30.4 Å². The Bertz CT molecular complexity index is 1220. The Balaban J connectivity index is 1.43. The van der Waals surface area contributed by atoms with Crippen molar-refractivity contribution in [1.82, 2.24) is 24.5 Å². The molecule has 1 N–H and O–H groups in total. The van der Waals surface area contributed by atoms with Gasteiger partial charge in [0.15, 0.2) is 0 Å². The topological polar surface area (TPSA) is 94.8 Å². The van der Waals surface area contributed by atoms with Crippen LogP contribution >= 0.6 is 0 Å². The van der Waals surface area contributed by atoms with E-state index in [1.165, 1.54) is 0 Å². The van der Waals surface area contributed by atoms with Crippen molar-refractivity contribution in [3.05, 3.63) is 84.5 Å². The van der Waals surface area contributed by atoms with Gasteiger partial charge in [-0.15, -0.1) is 0 Å². The summed E-state index contributed by atoms with van der Waals surface area (Å²) in [5.74, 6) is 1.32. The molecule has 0 saturated heterocycles. The van der Waals surface area contributed by atoms with E-state index in [2.05, 4.69) is 25.3 Å². The number of anilines is 1. The number of nitrogens with one attached hydrogen (secondary N) is 1. The molecule has 4 aromatic rings. The third-order valence-corrected chi connectivity index (χ3v) is 4.22. The molecule has 0 unspecified atom stereocenters. The van der Waals surface area contributed by atoms with Gasteiger partial charge in [-0.25, -0.2) is 9.97 Å². The molecule has 0 aliphatic heterocycles. The second kappa shape index (κ2) is 8.46. The first kappa shape index (κ1) is 21.0. The van der Waals surface area contributed by atoms with Gasteiger partial charge in [-0.1, -0.05) is 0 Å². The highest BCUT2D eigenvalue weighted by atomic mass is 19.4. The smallest absolute Gasteiger partial charge is 0.433 e. The summed E-state index contributed by atoms with van der Waals surface area (Å²) in [5, 5.41) is 2.59. The van der Waals surface area contributed by atoms with E-state index in [9.17, 15) is 18.0 Å². The summed E-state index contributed by atoms with van der Waals surface area (Å²) in [6, 6.07) is 9.91. The molecule has 8 nitrogen and oxygen atoms in total. The number of rotatable bonds is 5. The van der Waals surface area contributed by atoms with Gasteiger partial charge in [0, 0.05) is 30.3 Å². The number of hydrogen-bond donors (Lipinski definition) is 1. The Morgan fingerprint density at radius 2 is 1.88 bits per heavy atom. The van der Waals surface area contributed by atoms with Crippen LogP contribution in [0.4, 0.5) is 18.9 Å². The number of imidazole rings is 1. The standard InChI is InChI=1S/C21H15F3N6O2/c1-13-27-18(30-9-8-25-12-30)10-19(28-13)32-16-5-3-15(4-6-16)29-20(31)14-2-7-17(26-11-14)21(22,23)24/h2-12H,1H3,(H,29,31). The molecule has 3 aromatic heterocycles. The fourth-order valence-electron chi connectivity index (χ4n) is 2.73. The van der Waals surface area contributed by atoms with Gasteiger partial charge in [0.1, 0.15) is 29.4 Å². The lowest BCUT2D eigenvalue weighted by Crippen LogP contribution is -2.14. The predicted molar refractivity (Wildman–Crippen MR) is 108 cm³/mol. The summed E-state index contributed by atoms with van der Waals surface area (Å²) in [5.41, 5.74) is -0.631. The number of benzene rings is 1. The zero-order valence-corrected chi connectivity index (χ0v) is 16.5. The van der Waals surface area contributed by atoms with E-state index in [1.54, 1.807) is 60.5 Å². The molecule has 1 amide bonds. The fraction of sp³-hybridized carbons (Fsp3) is 0.0952. The van der Waals surface area contributed by atoms with Gasteiger partial charge in [-0.2, -0.15) is 18.2 Å². The lowest BCUT2D eigenvalue weighted by molar-refractivity contribution is -0.141. The van der Waals surface area contributed by atoms with Gasteiger partial charge in [-0.05, 0) is 43.3 Å². The minimum Gasteiger partial charge on any atom is -0.439 e. The minimum atomic E-state index is -4.56. The average molecular weight is 440 g/mol. The van der Waals surface area contributed by atoms with Crippen LogP contribution in [0.5, 0.6) is 11.6 Å². The van der Waals surface area contributed by atoms with Gasteiger partial charge in [0.2, 0.25) is 5.88 Å². The van der Waals surface area contributed by atoms with Gasteiger partial charge < -0.3 is 10.1 Å². The van der Waals surface area contributed by atoms with Crippen LogP contribution in [0, 0.1) is 6.92 Å². The Kier molecular flexibility index (Phi) is 5.54. The summed E-state index contributed by atoms with van der Waals surface area (Å²) in [7, 11) is 0. The summed E-state index contributed by atoms with van der Waals surface area (Å²) < 4.78 is 45.3. The Morgan fingerprint density at radius 1 is 1.09 bits per heavy atom. The van der Waals surface area contributed by atoms with Crippen molar-refractivity contribution in [1.29, 1.82) is 0 Å². The molecule has 0 atom stereocenters. The first-order valence-electron chi connectivity index (χ1n) is 9.24. The van der Waals surface area contributed by atoms with E-state index in [0.717, 1.165) is 18.3 Å². The summed E-state index contributed by atoms with van der Waals surface area (Å²) >= 11 is 0. The number of halogens is 3. The van der Waals surface area contributed by atoms with Crippen LogP contribution in [0.2, 0.25) is 0 Å². The first-order chi connectivity index (χ1) is 15.3. The highest BCUT2D eigenvalue weighted by Crippen LogP contribution is 2.27. The van der Waals surface area contributed by atoms with Crippen molar-refractivity contribution in [3.63, 3.8) is 0 Å². The average Bonchev–Trinajstić information content (AvgIpc) is 3.29. The van der Waals surface area contributed by atoms with Crippen molar-refractivity contribution in [2.75, 3.05) is 5.32 Å². The van der Waals surface area contributed by atoms with Gasteiger partial charge in [-0.3, -0.25) is 14.3 Å². The van der Waals surface area contributed by atoms with Crippen LogP contribution in [0.1, 0.15) is 21.9 Å². The Morgan fingerprint density at radius 3 is 2.50 bits per heavy atom. The molecular weight excluding hydrogens is 425 g/mol. The number of hydrogen-bond acceptors (Lipinski definition) is 6. The third kappa shape index (κ3) is 4.89. The predicted octanol–water partition coefficient (Wildman–Crippen LogP) is 4.43. The van der Waals surface area contributed by atoms with Crippen molar-refractivity contribution >= 4 is 11.6 Å². The molecule has 162 valence electrons. The summed E-state index contributed by atoms with van der Waals surface area (Å²) in [4.78, 5) is 28.1. The second-order valence-electron chi connectivity index (χ2n) is 6.59. The van der Waals surface area contributed by atoms with Crippen LogP contribution in [0.25, 0.3) is 5.82 Å². The zero-order valence-electron chi connectivity index (χ0n) is 16.5. The highest BCUT2D eigenvalue weighted by molar-refractivity contribution is 6.04. The highest BCUT2D eigenvalue weighted by Gasteiger charge is 2.32. The zero-order chi connectivity index (χ0) is 22.7. The van der Waals surface area contributed by atoms with Crippen LogP contribution in [0.15, 0.2) is 67.4 Å². The van der Waals surface area contributed by atoms with Crippen LogP contribution < -0.4 is 10.1 Å². The number of aromatic nitrogens is 5. The molecule has 3 heterocycles. The number of nitrogens with zero attached hydrogens (tertiary/aromatic N) is 5. The van der Waals surface area contributed by atoms with Gasteiger partial charge in [0.25, 0.3) is 5.91 Å². The number of carbonyl (C=O) groups excluding carboxylic acids is 1. The third-order valence-electron chi connectivity index (χ3n) is 4.22. The molecule has 0 bridgehead atoms. The summed E-state index contributed by atoms with van der Waals surface area (Å²) in [6.45, 7) is 1.74. The maximum Gasteiger partial charge on any atom is 0.433 e.